The van der Waals surface area contributed by atoms with E-state index >= 15 is 0 Å². The van der Waals surface area contributed by atoms with Gasteiger partial charge in [0.15, 0.2) is 0 Å². The Morgan fingerprint density at radius 1 is 1.13 bits per heavy atom. The van der Waals surface area contributed by atoms with Gasteiger partial charge in [-0.1, -0.05) is 37.3 Å². The van der Waals surface area contributed by atoms with Gasteiger partial charge < -0.3 is 9.30 Å². The van der Waals surface area contributed by atoms with Crippen molar-refractivity contribution in [1.29, 1.82) is 0 Å². The molecular weight excluding hydrogens is 289 g/mol. The van der Waals surface area contributed by atoms with Crippen molar-refractivity contribution in [2.24, 2.45) is 0 Å². The fourth-order valence-corrected chi connectivity index (χ4v) is 2.98. The number of ether oxygens (including phenoxy) is 1. The molecule has 0 aliphatic carbocycles. The first-order valence-corrected chi connectivity index (χ1v) is 8.07. The molecule has 0 N–H and O–H groups in total. The SMILES string of the molecule is CCC(COCc1ccccc1)n1cc(C)c2ccc(F)cc21. The van der Waals surface area contributed by atoms with Gasteiger partial charge in [0.25, 0.3) is 0 Å². The summed E-state index contributed by atoms with van der Waals surface area (Å²) in [7, 11) is 0. The molecule has 2 nitrogen and oxygen atoms in total. The lowest BCUT2D eigenvalue weighted by atomic mass is 10.2. The van der Waals surface area contributed by atoms with Crippen LogP contribution in [0.4, 0.5) is 4.39 Å². The minimum absolute atomic E-state index is 0.197. The quantitative estimate of drug-likeness (QED) is 0.606. The number of hydrogen-bond acceptors (Lipinski definition) is 1. The Kier molecular flexibility index (Phi) is 4.77. The van der Waals surface area contributed by atoms with Gasteiger partial charge in [0.1, 0.15) is 5.82 Å². The van der Waals surface area contributed by atoms with E-state index in [-0.39, 0.29) is 11.9 Å². The van der Waals surface area contributed by atoms with E-state index in [0.717, 1.165) is 17.3 Å². The molecule has 0 amide bonds. The fourth-order valence-electron chi connectivity index (χ4n) is 2.98. The second-order valence-electron chi connectivity index (χ2n) is 5.94. The fraction of sp³-hybridized carbons (Fsp3) is 0.300. The zero-order chi connectivity index (χ0) is 16.2. The maximum Gasteiger partial charge on any atom is 0.125 e. The lowest BCUT2D eigenvalue weighted by Gasteiger charge is -2.19. The van der Waals surface area contributed by atoms with E-state index in [9.17, 15) is 4.39 Å². The van der Waals surface area contributed by atoms with Crippen LogP contribution in [0.5, 0.6) is 0 Å². The molecule has 1 heterocycles. The standard InChI is InChI=1S/C20H22FNO/c1-3-18(14-23-13-16-7-5-4-6-8-16)22-12-15(2)19-10-9-17(21)11-20(19)22/h4-12,18H,3,13-14H2,1-2H3. The van der Waals surface area contributed by atoms with Crippen molar-refractivity contribution in [3.05, 3.63) is 71.7 Å². The van der Waals surface area contributed by atoms with Gasteiger partial charge in [-0.2, -0.15) is 0 Å². The molecule has 0 radical (unpaired) electrons. The smallest absolute Gasteiger partial charge is 0.125 e. The number of benzene rings is 2. The third kappa shape index (κ3) is 3.45. The summed E-state index contributed by atoms with van der Waals surface area (Å²) in [5.41, 5.74) is 3.28. The summed E-state index contributed by atoms with van der Waals surface area (Å²) in [6.45, 7) is 5.42. The summed E-state index contributed by atoms with van der Waals surface area (Å²) in [4.78, 5) is 0. The predicted molar refractivity (Wildman–Crippen MR) is 92.1 cm³/mol. The van der Waals surface area contributed by atoms with E-state index in [1.54, 1.807) is 6.07 Å². The van der Waals surface area contributed by atoms with Crippen LogP contribution in [0.15, 0.2) is 54.7 Å². The van der Waals surface area contributed by atoms with Gasteiger partial charge in [0.2, 0.25) is 0 Å². The lowest BCUT2D eigenvalue weighted by Crippen LogP contribution is -2.14. The summed E-state index contributed by atoms with van der Waals surface area (Å²) in [6, 6.07) is 15.3. The van der Waals surface area contributed by atoms with E-state index in [4.69, 9.17) is 4.74 Å². The molecule has 0 bridgehead atoms. The molecule has 2 aromatic carbocycles. The highest BCUT2D eigenvalue weighted by Gasteiger charge is 2.14. The van der Waals surface area contributed by atoms with E-state index < -0.39 is 0 Å². The van der Waals surface area contributed by atoms with Crippen molar-refractivity contribution in [2.45, 2.75) is 32.9 Å². The van der Waals surface area contributed by atoms with E-state index in [1.807, 2.05) is 24.3 Å². The van der Waals surface area contributed by atoms with Crippen LogP contribution in [0.2, 0.25) is 0 Å². The second kappa shape index (κ2) is 6.97. The topological polar surface area (TPSA) is 14.2 Å². The number of aryl methyl sites for hydroxylation is 1. The molecule has 3 rings (SSSR count). The molecule has 0 aliphatic heterocycles. The Labute approximate surface area is 136 Å². The average molecular weight is 311 g/mol. The number of hydrogen-bond donors (Lipinski definition) is 0. The third-order valence-corrected chi connectivity index (χ3v) is 4.28. The van der Waals surface area contributed by atoms with Crippen molar-refractivity contribution in [1.82, 2.24) is 4.57 Å². The maximum absolute atomic E-state index is 13.6. The summed E-state index contributed by atoms with van der Waals surface area (Å²) in [6.07, 6.45) is 3.04. The molecule has 120 valence electrons. The minimum atomic E-state index is -0.197. The monoisotopic (exact) mass is 311 g/mol. The predicted octanol–water partition coefficient (Wildman–Crippen LogP) is 5.26. The zero-order valence-corrected chi connectivity index (χ0v) is 13.6. The molecule has 0 saturated heterocycles. The third-order valence-electron chi connectivity index (χ3n) is 4.28. The summed E-state index contributed by atoms with van der Waals surface area (Å²) in [5.74, 6) is -0.197. The van der Waals surface area contributed by atoms with E-state index in [1.165, 1.54) is 17.2 Å². The first-order chi connectivity index (χ1) is 11.2. The summed E-state index contributed by atoms with van der Waals surface area (Å²) in [5, 5.41) is 1.10. The van der Waals surface area contributed by atoms with Crippen LogP contribution in [0.25, 0.3) is 10.9 Å². The van der Waals surface area contributed by atoms with Gasteiger partial charge in [-0.3, -0.25) is 0 Å². The van der Waals surface area contributed by atoms with Crippen LogP contribution in [0.1, 0.15) is 30.5 Å². The maximum atomic E-state index is 13.6. The van der Waals surface area contributed by atoms with Crippen LogP contribution >= 0.6 is 0 Å². The van der Waals surface area contributed by atoms with Crippen LogP contribution in [0.3, 0.4) is 0 Å². The molecule has 1 aromatic heterocycles. The number of rotatable bonds is 6. The van der Waals surface area contributed by atoms with Gasteiger partial charge in [0.05, 0.1) is 24.8 Å². The summed E-state index contributed by atoms with van der Waals surface area (Å²) >= 11 is 0. The Bertz CT molecular complexity index is 779. The Morgan fingerprint density at radius 3 is 2.65 bits per heavy atom. The molecule has 3 heteroatoms. The van der Waals surface area contributed by atoms with E-state index in [0.29, 0.717) is 13.2 Å². The minimum Gasteiger partial charge on any atom is -0.375 e. The van der Waals surface area contributed by atoms with Crippen LogP contribution in [0, 0.1) is 12.7 Å². The highest BCUT2D eigenvalue weighted by Crippen LogP contribution is 2.26. The number of nitrogens with zero attached hydrogens (tertiary/aromatic N) is 1. The molecule has 0 fully saturated rings. The largest absolute Gasteiger partial charge is 0.375 e. The molecule has 23 heavy (non-hydrogen) atoms. The summed E-state index contributed by atoms with van der Waals surface area (Å²) < 4.78 is 21.7. The van der Waals surface area contributed by atoms with E-state index in [2.05, 4.69) is 36.7 Å². The van der Waals surface area contributed by atoms with Gasteiger partial charge >= 0.3 is 0 Å². The number of halogens is 1. The first-order valence-electron chi connectivity index (χ1n) is 8.07. The number of aromatic nitrogens is 1. The highest BCUT2D eigenvalue weighted by molar-refractivity contribution is 5.83. The Morgan fingerprint density at radius 2 is 1.91 bits per heavy atom. The zero-order valence-electron chi connectivity index (χ0n) is 13.6. The number of fused-ring (bicyclic) bond motifs is 1. The van der Waals surface area contributed by atoms with Crippen molar-refractivity contribution in [3.63, 3.8) is 0 Å². The molecule has 3 aromatic rings. The molecular formula is C20H22FNO. The molecule has 0 aliphatic rings. The molecule has 0 saturated carbocycles. The normalized spacial score (nSPS) is 12.7. The Hall–Kier alpha value is -2.13. The Balaban J connectivity index is 1.77. The lowest BCUT2D eigenvalue weighted by molar-refractivity contribution is 0.0898. The molecule has 1 unspecified atom stereocenters. The molecule has 0 spiro atoms. The molecule has 1 atom stereocenters. The van der Waals surface area contributed by atoms with Gasteiger partial charge in [-0.25, -0.2) is 4.39 Å². The first kappa shape index (κ1) is 15.8. The van der Waals surface area contributed by atoms with Crippen molar-refractivity contribution < 1.29 is 9.13 Å². The van der Waals surface area contributed by atoms with Crippen LogP contribution in [-0.4, -0.2) is 11.2 Å². The van der Waals surface area contributed by atoms with Crippen molar-refractivity contribution in [2.75, 3.05) is 6.61 Å². The van der Waals surface area contributed by atoms with Gasteiger partial charge in [0, 0.05) is 11.6 Å². The second-order valence-corrected chi connectivity index (χ2v) is 5.94. The van der Waals surface area contributed by atoms with Crippen molar-refractivity contribution in [3.8, 4) is 0 Å². The van der Waals surface area contributed by atoms with Crippen LogP contribution in [-0.2, 0) is 11.3 Å². The van der Waals surface area contributed by atoms with Gasteiger partial charge in [-0.15, -0.1) is 0 Å². The average Bonchev–Trinajstić information content (AvgIpc) is 2.89. The van der Waals surface area contributed by atoms with Gasteiger partial charge in [-0.05, 0) is 42.7 Å². The van der Waals surface area contributed by atoms with Crippen molar-refractivity contribution >= 4 is 10.9 Å². The highest BCUT2D eigenvalue weighted by atomic mass is 19.1. The van der Waals surface area contributed by atoms with Crippen LogP contribution < -0.4 is 0 Å².